The largest absolute Gasteiger partial charge is 0.550 e. The summed E-state index contributed by atoms with van der Waals surface area (Å²) in [6.07, 6.45) is 1.14. The van der Waals surface area contributed by atoms with Gasteiger partial charge in [0.15, 0.2) is 5.17 Å². The van der Waals surface area contributed by atoms with Crippen molar-refractivity contribution in [2.24, 2.45) is 10.2 Å². The lowest BCUT2D eigenvalue weighted by Gasteiger charge is -2.04. The number of amides is 1. The fourth-order valence-corrected chi connectivity index (χ4v) is 2.56. The van der Waals surface area contributed by atoms with Crippen LogP contribution >= 0.6 is 11.8 Å². The van der Waals surface area contributed by atoms with Crippen LogP contribution in [-0.2, 0) is 9.59 Å². The SMILES string of the molecule is COc1ccccc1/C=N\N=C1\NC(=O)[C@@H](CC(=O)[O-])S1. The number of nitrogens with one attached hydrogen (secondary N) is 1. The molecule has 8 heteroatoms. The minimum absolute atomic E-state index is 0.261. The van der Waals surface area contributed by atoms with Crippen LogP contribution in [0.3, 0.4) is 0 Å². The van der Waals surface area contributed by atoms with Gasteiger partial charge in [-0.3, -0.25) is 4.79 Å². The number of carbonyl (C=O) groups is 2. The van der Waals surface area contributed by atoms with Gasteiger partial charge in [-0.25, -0.2) is 0 Å². The first-order valence-electron chi connectivity index (χ1n) is 6.01. The number of benzene rings is 1. The van der Waals surface area contributed by atoms with E-state index in [0.29, 0.717) is 5.75 Å². The van der Waals surface area contributed by atoms with Crippen molar-refractivity contribution >= 4 is 35.0 Å². The molecule has 0 saturated carbocycles. The van der Waals surface area contributed by atoms with Gasteiger partial charge in [0.05, 0.1) is 18.6 Å². The molecule has 1 aliphatic rings. The van der Waals surface area contributed by atoms with Gasteiger partial charge in [0.2, 0.25) is 5.91 Å². The lowest BCUT2D eigenvalue weighted by atomic mass is 10.2. The second kappa shape index (κ2) is 6.89. The monoisotopic (exact) mass is 306 g/mol. The molecule has 0 spiro atoms. The molecule has 1 saturated heterocycles. The Bertz CT molecular complexity index is 615. The summed E-state index contributed by atoms with van der Waals surface area (Å²) in [5.41, 5.74) is 0.741. The number of ether oxygens (including phenoxy) is 1. The van der Waals surface area contributed by atoms with Gasteiger partial charge in [-0.05, 0) is 12.1 Å². The number of hydrogen-bond acceptors (Lipinski definition) is 7. The van der Waals surface area contributed by atoms with Crippen LogP contribution in [-0.4, -0.2) is 35.6 Å². The molecule has 1 amide bonds. The Balaban J connectivity index is 2.03. The van der Waals surface area contributed by atoms with Gasteiger partial charge < -0.3 is 20.0 Å². The van der Waals surface area contributed by atoms with Crippen molar-refractivity contribution in [2.75, 3.05) is 7.11 Å². The van der Waals surface area contributed by atoms with E-state index < -0.39 is 17.1 Å². The minimum Gasteiger partial charge on any atom is -0.550 e. The molecule has 1 aromatic carbocycles. The third kappa shape index (κ3) is 4.06. The molecule has 1 aliphatic heterocycles. The number of carbonyl (C=O) groups excluding carboxylic acids is 2. The number of carboxylic acid groups (broad SMARTS) is 1. The fraction of sp³-hybridized carbons (Fsp3) is 0.231. The highest BCUT2D eigenvalue weighted by Crippen LogP contribution is 2.22. The first-order valence-corrected chi connectivity index (χ1v) is 6.89. The van der Waals surface area contributed by atoms with Gasteiger partial charge in [-0.15, -0.1) is 5.10 Å². The molecule has 1 aromatic rings. The van der Waals surface area contributed by atoms with E-state index in [1.165, 1.54) is 6.21 Å². The lowest BCUT2D eigenvalue weighted by Crippen LogP contribution is -2.31. The van der Waals surface area contributed by atoms with Crippen molar-refractivity contribution in [3.8, 4) is 5.75 Å². The standard InChI is InChI=1S/C13H13N3O4S/c1-20-9-5-3-2-4-8(9)7-14-16-13-15-12(19)10(21-13)6-11(17)18/h2-5,7,10H,6H2,1H3,(H,17,18)(H,15,16,19)/p-1/b14-7-/t10-/m1/s1. The van der Waals surface area contributed by atoms with E-state index in [4.69, 9.17) is 4.74 Å². The number of para-hydroxylation sites is 1. The van der Waals surface area contributed by atoms with Crippen LogP contribution in [0.4, 0.5) is 0 Å². The number of methoxy groups -OCH3 is 1. The second-order valence-electron chi connectivity index (χ2n) is 4.06. The summed E-state index contributed by atoms with van der Waals surface area (Å²) in [5.74, 6) is -1.03. The van der Waals surface area contributed by atoms with E-state index in [1.807, 2.05) is 18.2 Å². The fourth-order valence-electron chi connectivity index (χ4n) is 1.65. The van der Waals surface area contributed by atoms with Crippen LogP contribution in [0.2, 0.25) is 0 Å². The quantitative estimate of drug-likeness (QED) is 0.597. The third-order valence-corrected chi connectivity index (χ3v) is 3.69. The Hall–Kier alpha value is -2.35. The summed E-state index contributed by atoms with van der Waals surface area (Å²) >= 11 is 1.02. The molecule has 1 fully saturated rings. The van der Waals surface area contributed by atoms with Crippen LogP contribution < -0.4 is 15.2 Å². The van der Waals surface area contributed by atoms with Gasteiger partial charge in [0, 0.05) is 18.0 Å². The zero-order chi connectivity index (χ0) is 15.2. The van der Waals surface area contributed by atoms with Gasteiger partial charge in [0.25, 0.3) is 0 Å². The first kappa shape index (κ1) is 15.0. The maximum atomic E-state index is 11.5. The van der Waals surface area contributed by atoms with E-state index in [9.17, 15) is 14.7 Å². The third-order valence-electron chi connectivity index (χ3n) is 2.61. The second-order valence-corrected chi connectivity index (χ2v) is 5.25. The molecular formula is C13H12N3O4S-. The van der Waals surface area contributed by atoms with Crippen molar-refractivity contribution in [1.82, 2.24) is 5.32 Å². The molecule has 1 N–H and O–H groups in total. The topological polar surface area (TPSA) is 103 Å². The number of rotatable bonds is 5. The summed E-state index contributed by atoms with van der Waals surface area (Å²) in [6.45, 7) is 0. The van der Waals surface area contributed by atoms with Crippen molar-refractivity contribution in [2.45, 2.75) is 11.7 Å². The number of thioether (sulfide) groups is 1. The highest BCUT2D eigenvalue weighted by Gasteiger charge is 2.30. The molecule has 2 rings (SSSR count). The summed E-state index contributed by atoms with van der Waals surface area (Å²) in [4.78, 5) is 22.0. The predicted octanol–water partition coefficient (Wildman–Crippen LogP) is -0.243. The van der Waals surface area contributed by atoms with Gasteiger partial charge in [0.1, 0.15) is 5.75 Å². The lowest BCUT2D eigenvalue weighted by molar-refractivity contribution is -0.305. The molecule has 0 aromatic heterocycles. The summed E-state index contributed by atoms with van der Waals surface area (Å²) in [5, 5.41) is 20.2. The van der Waals surface area contributed by atoms with E-state index in [2.05, 4.69) is 15.5 Å². The van der Waals surface area contributed by atoms with Crippen LogP contribution in [0.1, 0.15) is 12.0 Å². The predicted molar refractivity (Wildman–Crippen MR) is 77.2 cm³/mol. The van der Waals surface area contributed by atoms with Crippen LogP contribution in [0.25, 0.3) is 0 Å². The average Bonchev–Trinajstić information content (AvgIpc) is 2.79. The molecule has 110 valence electrons. The Morgan fingerprint density at radius 3 is 3.00 bits per heavy atom. The maximum Gasteiger partial charge on any atom is 0.239 e. The zero-order valence-corrected chi connectivity index (χ0v) is 11.9. The molecule has 21 heavy (non-hydrogen) atoms. The molecule has 7 nitrogen and oxygen atoms in total. The summed E-state index contributed by atoms with van der Waals surface area (Å²) in [7, 11) is 1.55. The summed E-state index contributed by atoms with van der Waals surface area (Å²) < 4.78 is 5.16. The molecule has 1 heterocycles. The van der Waals surface area contributed by atoms with E-state index >= 15 is 0 Å². The summed E-state index contributed by atoms with van der Waals surface area (Å²) in [6, 6.07) is 7.26. The number of aliphatic carboxylic acids is 1. The Morgan fingerprint density at radius 1 is 1.52 bits per heavy atom. The van der Waals surface area contributed by atoms with Gasteiger partial charge in [-0.2, -0.15) is 5.10 Å². The van der Waals surface area contributed by atoms with Crippen LogP contribution in [0, 0.1) is 0 Å². The highest BCUT2D eigenvalue weighted by atomic mass is 32.2. The molecule has 0 bridgehead atoms. The number of carboxylic acids is 1. The average molecular weight is 306 g/mol. The Morgan fingerprint density at radius 2 is 2.29 bits per heavy atom. The molecule has 1 atom stereocenters. The number of nitrogens with zero attached hydrogens (tertiary/aromatic N) is 2. The molecular weight excluding hydrogens is 294 g/mol. The Kier molecular flexibility index (Phi) is 4.94. The normalized spacial score (nSPS) is 20.0. The van der Waals surface area contributed by atoms with Gasteiger partial charge >= 0.3 is 0 Å². The van der Waals surface area contributed by atoms with Crippen molar-refractivity contribution in [3.05, 3.63) is 29.8 Å². The van der Waals surface area contributed by atoms with Crippen molar-refractivity contribution in [3.63, 3.8) is 0 Å². The van der Waals surface area contributed by atoms with E-state index in [1.54, 1.807) is 13.2 Å². The van der Waals surface area contributed by atoms with E-state index in [0.717, 1.165) is 17.3 Å². The number of amidine groups is 1. The molecule has 0 radical (unpaired) electrons. The smallest absolute Gasteiger partial charge is 0.239 e. The van der Waals surface area contributed by atoms with Crippen LogP contribution in [0.5, 0.6) is 5.75 Å². The zero-order valence-electron chi connectivity index (χ0n) is 11.1. The minimum atomic E-state index is -1.28. The molecule has 0 aliphatic carbocycles. The number of hydrogen-bond donors (Lipinski definition) is 1. The van der Waals surface area contributed by atoms with E-state index in [-0.39, 0.29) is 11.6 Å². The highest BCUT2D eigenvalue weighted by molar-refractivity contribution is 8.15. The molecule has 0 unspecified atom stereocenters. The first-order chi connectivity index (χ1) is 10.1. The van der Waals surface area contributed by atoms with Crippen molar-refractivity contribution < 1.29 is 19.4 Å². The maximum absolute atomic E-state index is 11.5. The van der Waals surface area contributed by atoms with Gasteiger partial charge in [-0.1, -0.05) is 23.9 Å². The Labute approximate surface area is 125 Å². The van der Waals surface area contributed by atoms with Crippen LogP contribution in [0.15, 0.2) is 34.5 Å². The van der Waals surface area contributed by atoms with Crippen molar-refractivity contribution in [1.29, 1.82) is 0 Å².